The van der Waals surface area contributed by atoms with E-state index in [1.54, 1.807) is 0 Å². The van der Waals surface area contributed by atoms with E-state index >= 15 is 0 Å². The first kappa shape index (κ1) is 18.0. The number of hydrogen-bond donors (Lipinski definition) is 1. The second-order valence-electron chi connectivity index (χ2n) is 6.02. The quantitative estimate of drug-likeness (QED) is 0.551. The number of unbranched alkanes of at least 4 members (excludes halogenated alkanes) is 6. The zero-order valence-corrected chi connectivity index (χ0v) is 14.4. The lowest BCUT2D eigenvalue weighted by atomic mass is 10.1. The summed E-state index contributed by atoms with van der Waals surface area (Å²) in [5, 5.41) is 3.29. The standard InChI is InChI=1S/C19H33NO/c1-5-6-7-8-9-10-11-14-21-19-15-16(2)12-13-18(19)17(3)20-4/h12-13,15,17,20H,5-11,14H2,1-4H3. The van der Waals surface area contributed by atoms with E-state index in [9.17, 15) is 0 Å². The Hall–Kier alpha value is -1.02. The predicted molar refractivity (Wildman–Crippen MR) is 92.1 cm³/mol. The molecule has 0 aliphatic heterocycles. The van der Waals surface area contributed by atoms with Crippen LogP contribution in [0, 0.1) is 6.92 Å². The molecular formula is C19H33NO. The average Bonchev–Trinajstić information content (AvgIpc) is 2.49. The van der Waals surface area contributed by atoms with E-state index in [0.717, 1.165) is 18.8 Å². The van der Waals surface area contributed by atoms with Crippen molar-refractivity contribution in [2.24, 2.45) is 0 Å². The van der Waals surface area contributed by atoms with Gasteiger partial charge < -0.3 is 10.1 Å². The Balaban J connectivity index is 2.32. The van der Waals surface area contributed by atoms with E-state index in [0.29, 0.717) is 6.04 Å². The van der Waals surface area contributed by atoms with Crippen molar-refractivity contribution in [3.63, 3.8) is 0 Å². The fraction of sp³-hybridized carbons (Fsp3) is 0.684. The Morgan fingerprint density at radius 2 is 1.71 bits per heavy atom. The van der Waals surface area contributed by atoms with Crippen molar-refractivity contribution in [1.29, 1.82) is 0 Å². The molecule has 1 rings (SSSR count). The summed E-state index contributed by atoms with van der Waals surface area (Å²) in [4.78, 5) is 0. The van der Waals surface area contributed by atoms with Gasteiger partial charge in [0.05, 0.1) is 6.61 Å². The van der Waals surface area contributed by atoms with Gasteiger partial charge in [-0.05, 0) is 38.9 Å². The summed E-state index contributed by atoms with van der Waals surface area (Å²) >= 11 is 0. The van der Waals surface area contributed by atoms with Crippen LogP contribution in [0.15, 0.2) is 18.2 Å². The molecule has 2 nitrogen and oxygen atoms in total. The van der Waals surface area contributed by atoms with Crippen LogP contribution in [-0.2, 0) is 0 Å². The highest BCUT2D eigenvalue weighted by molar-refractivity contribution is 5.39. The Morgan fingerprint density at radius 1 is 1.05 bits per heavy atom. The molecular weight excluding hydrogens is 258 g/mol. The molecule has 0 bridgehead atoms. The normalized spacial score (nSPS) is 12.4. The van der Waals surface area contributed by atoms with Crippen LogP contribution in [0.4, 0.5) is 0 Å². The zero-order valence-electron chi connectivity index (χ0n) is 14.4. The minimum atomic E-state index is 0.328. The fourth-order valence-corrected chi connectivity index (χ4v) is 2.52. The molecule has 0 saturated carbocycles. The van der Waals surface area contributed by atoms with Crippen molar-refractivity contribution in [3.05, 3.63) is 29.3 Å². The third-order valence-corrected chi connectivity index (χ3v) is 4.07. The van der Waals surface area contributed by atoms with Gasteiger partial charge in [-0.15, -0.1) is 0 Å². The molecule has 0 spiro atoms. The highest BCUT2D eigenvalue weighted by Crippen LogP contribution is 2.26. The number of aryl methyl sites for hydroxylation is 1. The Bertz CT molecular complexity index is 389. The van der Waals surface area contributed by atoms with Crippen LogP contribution in [0.1, 0.15) is 76.0 Å². The summed E-state index contributed by atoms with van der Waals surface area (Å²) in [6, 6.07) is 6.82. The molecule has 21 heavy (non-hydrogen) atoms. The first-order valence-corrected chi connectivity index (χ1v) is 8.59. The number of hydrogen-bond acceptors (Lipinski definition) is 2. The molecule has 0 saturated heterocycles. The van der Waals surface area contributed by atoms with Gasteiger partial charge >= 0.3 is 0 Å². The van der Waals surface area contributed by atoms with Gasteiger partial charge in [0, 0.05) is 11.6 Å². The first-order chi connectivity index (χ1) is 10.2. The highest BCUT2D eigenvalue weighted by atomic mass is 16.5. The lowest BCUT2D eigenvalue weighted by Gasteiger charge is -2.17. The van der Waals surface area contributed by atoms with E-state index < -0.39 is 0 Å². The summed E-state index contributed by atoms with van der Waals surface area (Å²) in [7, 11) is 1.99. The van der Waals surface area contributed by atoms with Crippen LogP contribution in [0.3, 0.4) is 0 Å². The van der Waals surface area contributed by atoms with Crippen molar-refractivity contribution in [1.82, 2.24) is 5.32 Å². The van der Waals surface area contributed by atoms with Gasteiger partial charge in [-0.1, -0.05) is 57.6 Å². The molecule has 0 radical (unpaired) electrons. The molecule has 0 aliphatic carbocycles. The lowest BCUT2D eigenvalue weighted by molar-refractivity contribution is 0.299. The summed E-state index contributed by atoms with van der Waals surface area (Å²) in [5.41, 5.74) is 2.52. The summed E-state index contributed by atoms with van der Waals surface area (Å²) in [6.07, 6.45) is 9.25. The molecule has 1 N–H and O–H groups in total. The average molecular weight is 291 g/mol. The molecule has 2 heteroatoms. The summed E-state index contributed by atoms with van der Waals surface area (Å²) in [5.74, 6) is 1.04. The first-order valence-electron chi connectivity index (χ1n) is 8.59. The van der Waals surface area contributed by atoms with Gasteiger partial charge in [-0.2, -0.15) is 0 Å². The van der Waals surface area contributed by atoms with Crippen molar-refractivity contribution in [3.8, 4) is 5.75 Å². The molecule has 1 unspecified atom stereocenters. The van der Waals surface area contributed by atoms with Crippen LogP contribution >= 0.6 is 0 Å². The van der Waals surface area contributed by atoms with E-state index in [4.69, 9.17) is 4.74 Å². The third-order valence-electron chi connectivity index (χ3n) is 4.07. The topological polar surface area (TPSA) is 21.3 Å². The van der Waals surface area contributed by atoms with Crippen molar-refractivity contribution in [2.45, 2.75) is 71.8 Å². The molecule has 0 aromatic heterocycles. The van der Waals surface area contributed by atoms with E-state index in [2.05, 4.69) is 44.3 Å². The summed E-state index contributed by atoms with van der Waals surface area (Å²) in [6.45, 7) is 7.39. The molecule has 0 aliphatic rings. The van der Waals surface area contributed by atoms with Crippen LogP contribution in [0.5, 0.6) is 5.75 Å². The van der Waals surface area contributed by atoms with Crippen LogP contribution in [0.2, 0.25) is 0 Å². The van der Waals surface area contributed by atoms with E-state index in [-0.39, 0.29) is 0 Å². The monoisotopic (exact) mass is 291 g/mol. The molecule has 0 heterocycles. The van der Waals surface area contributed by atoms with Crippen LogP contribution in [0.25, 0.3) is 0 Å². The molecule has 120 valence electrons. The minimum Gasteiger partial charge on any atom is -0.493 e. The van der Waals surface area contributed by atoms with E-state index in [1.165, 1.54) is 49.7 Å². The Morgan fingerprint density at radius 3 is 2.38 bits per heavy atom. The second-order valence-corrected chi connectivity index (χ2v) is 6.02. The van der Waals surface area contributed by atoms with Gasteiger partial charge in [0.25, 0.3) is 0 Å². The number of rotatable bonds is 11. The van der Waals surface area contributed by atoms with Crippen LogP contribution < -0.4 is 10.1 Å². The van der Waals surface area contributed by atoms with Crippen molar-refractivity contribution in [2.75, 3.05) is 13.7 Å². The second kappa shape index (κ2) is 10.7. The number of nitrogens with one attached hydrogen (secondary N) is 1. The Labute approximate surface area is 131 Å². The van der Waals surface area contributed by atoms with Gasteiger partial charge in [-0.3, -0.25) is 0 Å². The Kier molecular flexibility index (Phi) is 9.16. The van der Waals surface area contributed by atoms with Gasteiger partial charge in [-0.25, -0.2) is 0 Å². The van der Waals surface area contributed by atoms with Crippen molar-refractivity contribution >= 4 is 0 Å². The molecule has 0 amide bonds. The third kappa shape index (κ3) is 6.99. The predicted octanol–water partition coefficient (Wildman–Crippen LogP) is 5.40. The molecule has 1 atom stereocenters. The van der Waals surface area contributed by atoms with Crippen LogP contribution in [-0.4, -0.2) is 13.7 Å². The fourth-order valence-electron chi connectivity index (χ4n) is 2.52. The molecule has 1 aromatic rings. The number of benzene rings is 1. The van der Waals surface area contributed by atoms with Gasteiger partial charge in [0.1, 0.15) is 5.75 Å². The van der Waals surface area contributed by atoms with Gasteiger partial charge in [0.2, 0.25) is 0 Å². The molecule has 0 fully saturated rings. The van der Waals surface area contributed by atoms with Gasteiger partial charge in [0.15, 0.2) is 0 Å². The minimum absolute atomic E-state index is 0.328. The highest BCUT2D eigenvalue weighted by Gasteiger charge is 2.10. The maximum Gasteiger partial charge on any atom is 0.124 e. The maximum atomic E-state index is 6.03. The largest absolute Gasteiger partial charge is 0.493 e. The van der Waals surface area contributed by atoms with Crippen molar-refractivity contribution < 1.29 is 4.74 Å². The smallest absolute Gasteiger partial charge is 0.124 e. The maximum absolute atomic E-state index is 6.03. The zero-order chi connectivity index (χ0) is 15.5. The van der Waals surface area contributed by atoms with E-state index in [1.807, 2.05) is 7.05 Å². The lowest BCUT2D eigenvalue weighted by Crippen LogP contribution is -2.14. The number of ether oxygens (including phenoxy) is 1. The SMILES string of the molecule is CCCCCCCCCOc1cc(C)ccc1C(C)NC. The summed E-state index contributed by atoms with van der Waals surface area (Å²) < 4.78 is 6.03. The molecule has 1 aromatic carbocycles.